The number of nitrogens with two attached hydrogens (primary N) is 1. The minimum absolute atomic E-state index is 0. The standard InChI is InChI=1S/C9H11Br2NO.BrH/c1-5(12)2-6-3-7(10)9(13)8(11)4-6;/h3-5,13H,2,12H2,1H3;1H. The fourth-order valence-corrected chi connectivity index (χ4v) is 2.39. The van der Waals surface area contributed by atoms with Crippen LogP contribution in [0.5, 0.6) is 5.75 Å². The van der Waals surface area contributed by atoms with E-state index < -0.39 is 0 Å². The Morgan fingerprint density at radius 3 is 2.14 bits per heavy atom. The fourth-order valence-electron chi connectivity index (χ4n) is 1.11. The van der Waals surface area contributed by atoms with Crippen molar-refractivity contribution in [1.82, 2.24) is 0 Å². The van der Waals surface area contributed by atoms with Crippen LogP contribution < -0.4 is 5.73 Å². The maximum absolute atomic E-state index is 9.44. The number of phenols is 1. The summed E-state index contributed by atoms with van der Waals surface area (Å²) in [6.45, 7) is 1.95. The van der Waals surface area contributed by atoms with Gasteiger partial charge in [-0.25, -0.2) is 0 Å². The molecule has 5 heteroatoms. The molecular formula is C9H12Br3NO. The molecule has 14 heavy (non-hydrogen) atoms. The molecule has 0 amide bonds. The van der Waals surface area contributed by atoms with E-state index in [1.807, 2.05) is 19.1 Å². The second-order valence-corrected chi connectivity index (χ2v) is 4.80. The predicted molar refractivity (Wildman–Crippen MR) is 71.2 cm³/mol. The lowest BCUT2D eigenvalue weighted by atomic mass is 10.1. The first kappa shape index (κ1) is 14.4. The van der Waals surface area contributed by atoms with Crippen LogP contribution in [0.15, 0.2) is 21.1 Å². The normalized spacial score (nSPS) is 12.0. The summed E-state index contributed by atoms with van der Waals surface area (Å²) in [5, 5.41) is 9.44. The zero-order valence-electron chi connectivity index (χ0n) is 7.63. The Morgan fingerprint density at radius 2 is 1.79 bits per heavy atom. The summed E-state index contributed by atoms with van der Waals surface area (Å²) in [6.07, 6.45) is 0.803. The zero-order chi connectivity index (χ0) is 10.0. The van der Waals surface area contributed by atoms with Crippen LogP contribution in [0.25, 0.3) is 0 Å². The Bertz CT molecular complexity index is 292. The molecule has 1 aromatic carbocycles. The number of phenolic OH excluding ortho intramolecular Hbond substituents is 1. The van der Waals surface area contributed by atoms with Gasteiger partial charge in [0, 0.05) is 6.04 Å². The van der Waals surface area contributed by atoms with Crippen molar-refractivity contribution in [2.45, 2.75) is 19.4 Å². The van der Waals surface area contributed by atoms with E-state index in [1.165, 1.54) is 0 Å². The van der Waals surface area contributed by atoms with Gasteiger partial charge >= 0.3 is 0 Å². The SMILES string of the molecule is Br.CC(N)Cc1cc(Br)c(O)c(Br)c1. The van der Waals surface area contributed by atoms with E-state index in [2.05, 4.69) is 31.9 Å². The third-order valence-electron chi connectivity index (χ3n) is 1.63. The molecule has 0 fully saturated rings. The van der Waals surface area contributed by atoms with Crippen LogP contribution in [0.4, 0.5) is 0 Å². The van der Waals surface area contributed by atoms with Gasteiger partial charge in [0.05, 0.1) is 8.95 Å². The molecule has 0 aliphatic rings. The maximum atomic E-state index is 9.44. The third kappa shape index (κ3) is 3.88. The summed E-state index contributed by atoms with van der Waals surface area (Å²) in [5.41, 5.74) is 6.77. The van der Waals surface area contributed by atoms with Crippen molar-refractivity contribution < 1.29 is 5.11 Å². The summed E-state index contributed by atoms with van der Waals surface area (Å²) >= 11 is 6.53. The average molecular weight is 390 g/mol. The van der Waals surface area contributed by atoms with Crippen LogP contribution in [0.2, 0.25) is 0 Å². The van der Waals surface area contributed by atoms with Gasteiger partial charge in [-0.05, 0) is 62.9 Å². The lowest BCUT2D eigenvalue weighted by Crippen LogP contribution is -2.17. The van der Waals surface area contributed by atoms with Gasteiger partial charge in [0.25, 0.3) is 0 Å². The highest BCUT2D eigenvalue weighted by atomic mass is 79.9. The van der Waals surface area contributed by atoms with Gasteiger partial charge in [-0.15, -0.1) is 17.0 Å². The topological polar surface area (TPSA) is 46.2 Å². The lowest BCUT2D eigenvalue weighted by Gasteiger charge is -2.08. The van der Waals surface area contributed by atoms with Crippen molar-refractivity contribution >= 4 is 48.8 Å². The highest BCUT2D eigenvalue weighted by molar-refractivity contribution is 9.11. The minimum Gasteiger partial charge on any atom is -0.506 e. The van der Waals surface area contributed by atoms with E-state index in [0.717, 1.165) is 12.0 Å². The molecule has 1 atom stereocenters. The molecule has 3 N–H and O–H groups in total. The largest absolute Gasteiger partial charge is 0.506 e. The van der Waals surface area contributed by atoms with E-state index in [-0.39, 0.29) is 28.8 Å². The molecule has 80 valence electrons. The van der Waals surface area contributed by atoms with E-state index in [1.54, 1.807) is 0 Å². The van der Waals surface area contributed by atoms with Gasteiger partial charge in [-0.2, -0.15) is 0 Å². The highest BCUT2D eigenvalue weighted by Gasteiger charge is 2.06. The average Bonchev–Trinajstić information content (AvgIpc) is 1.98. The Balaban J connectivity index is 0.00000169. The van der Waals surface area contributed by atoms with Gasteiger partial charge in [0.1, 0.15) is 5.75 Å². The molecule has 0 aromatic heterocycles. The molecule has 0 saturated heterocycles. The van der Waals surface area contributed by atoms with Gasteiger partial charge in [0.15, 0.2) is 0 Å². The van der Waals surface area contributed by atoms with E-state index in [4.69, 9.17) is 5.73 Å². The third-order valence-corrected chi connectivity index (χ3v) is 2.84. The highest BCUT2D eigenvalue weighted by Crippen LogP contribution is 2.33. The first-order valence-corrected chi connectivity index (χ1v) is 5.51. The van der Waals surface area contributed by atoms with Gasteiger partial charge < -0.3 is 10.8 Å². The minimum atomic E-state index is 0. The van der Waals surface area contributed by atoms with Gasteiger partial charge in [0.2, 0.25) is 0 Å². The molecule has 0 radical (unpaired) electrons. The van der Waals surface area contributed by atoms with E-state index >= 15 is 0 Å². The monoisotopic (exact) mass is 387 g/mol. The van der Waals surface area contributed by atoms with Crippen LogP contribution >= 0.6 is 48.8 Å². The number of aromatic hydroxyl groups is 1. The van der Waals surface area contributed by atoms with E-state index in [0.29, 0.717) is 8.95 Å². The zero-order valence-corrected chi connectivity index (χ0v) is 12.5. The van der Waals surface area contributed by atoms with Crippen molar-refractivity contribution in [2.75, 3.05) is 0 Å². The fraction of sp³-hybridized carbons (Fsp3) is 0.333. The number of rotatable bonds is 2. The van der Waals surface area contributed by atoms with Crippen molar-refractivity contribution in [1.29, 1.82) is 0 Å². The van der Waals surface area contributed by atoms with Gasteiger partial charge in [-0.3, -0.25) is 0 Å². The van der Waals surface area contributed by atoms with E-state index in [9.17, 15) is 5.11 Å². The number of benzene rings is 1. The molecule has 0 heterocycles. The van der Waals surface area contributed by atoms with Crippen LogP contribution in [0.1, 0.15) is 12.5 Å². The van der Waals surface area contributed by atoms with Crippen LogP contribution in [0, 0.1) is 0 Å². The second kappa shape index (κ2) is 6.10. The van der Waals surface area contributed by atoms with Gasteiger partial charge in [-0.1, -0.05) is 0 Å². The first-order chi connectivity index (χ1) is 6.00. The Labute approximate surface area is 111 Å². The number of hydrogen-bond donors (Lipinski definition) is 2. The summed E-state index contributed by atoms with van der Waals surface area (Å²) in [4.78, 5) is 0. The summed E-state index contributed by atoms with van der Waals surface area (Å²) in [5.74, 6) is 0.230. The molecule has 0 aliphatic heterocycles. The second-order valence-electron chi connectivity index (χ2n) is 3.09. The van der Waals surface area contributed by atoms with Crippen LogP contribution in [-0.2, 0) is 6.42 Å². The Morgan fingerprint density at radius 1 is 1.36 bits per heavy atom. The molecule has 2 nitrogen and oxygen atoms in total. The summed E-state index contributed by atoms with van der Waals surface area (Å²) in [6, 6.07) is 3.88. The molecule has 0 aliphatic carbocycles. The predicted octanol–water partition coefficient (Wildman–Crippen LogP) is 3.38. The molecule has 1 rings (SSSR count). The Kier molecular flexibility index (Phi) is 6.28. The molecule has 1 aromatic rings. The molecule has 0 saturated carbocycles. The van der Waals surface area contributed by atoms with Crippen LogP contribution in [-0.4, -0.2) is 11.1 Å². The Hall–Kier alpha value is 0.420. The number of hydrogen-bond acceptors (Lipinski definition) is 2. The summed E-state index contributed by atoms with van der Waals surface area (Å²) in [7, 11) is 0. The molecule has 0 spiro atoms. The molecular weight excluding hydrogens is 378 g/mol. The van der Waals surface area contributed by atoms with Crippen LogP contribution in [0.3, 0.4) is 0 Å². The lowest BCUT2D eigenvalue weighted by molar-refractivity contribution is 0.468. The van der Waals surface area contributed by atoms with Crippen molar-refractivity contribution in [3.63, 3.8) is 0 Å². The van der Waals surface area contributed by atoms with Crippen molar-refractivity contribution in [2.24, 2.45) is 5.73 Å². The first-order valence-electron chi connectivity index (χ1n) is 3.93. The molecule has 1 unspecified atom stereocenters. The smallest absolute Gasteiger partial charge is 0.143 e. The summed E-state index contributed by atoms with van der Waals surface area (Å²) < 4.78 is 1.38. The van der Waals surface area contributed by atoms with Crippen molar-refractivity contribution in [3.8, 4) is 5.75 Å². The number of halogens is 3. The quantitative estimate of drug-likeness (QED) is 0.814. The maximum Gasteiger partial charge on any atom is 0.143 e. The molecule has 0 bridgehead atoms. The van der Waals surface area contributed by atoms with Crippen molar-refractivity contribution in [3.05, 3.63) is 26.6 Å².